The molecule has 0 radical (unpaired) electrons. The molecule has 8 heteroatoms. The normalized spacial score (nSPS) is 16.7. The largest absolute Gasteiger partial charge is 0.507 e. The van der Waals surface area contributed by atoms with Crippen molar-refractivity contribution in [1.29, 1.82) is 0 Å². The van der Waals surface area contributed by atoms with Crippen LogP contribution in [0, 0.1) is 0 Å². The number of carbonyl (C=O) groups is 2. The highest BCUT2D eigenvalue weighted by atomic mass is 16.5. The molecule has 0 bridgehead atoms. The molecule has 39 heavy (non-hydrogen) atoms. The minimum Gasteiger partial charge on any atom is -0.507 e. The first-order valence-electron chi connectivity index (χ1n) is 13.9. The standard InChI is InChI=1S/C31H42N2O6/c1-6-10-20-39-25-17-14-23(21-26(25)37-5)28-27(29(34)22-12-15-24(16-13-22)38-9-4)30(35)31(36)33(28)19-11-18-32(7-2)8-3/h12-17,21,28,34H,6-11,18-20H2,1-5H3/t28-/m1/s1. The number of aliphatic hydroxyl groups is 1. The summed E-state index contributed by atoms with van der Waals surface area (Å²) in [5, 5.41) is 11.4. The van der Waals surface area contributed by atoms with Crippen LogP contribution in [0.25, 0.3) is 5.76 Å². The van der Waals surface area contributed by atoms with E-state index >= 15 is 0 Å². The molecule has 0 aliphatic carbocycles. The Kier molecular flexibility index (Phi) is 11.2. The van der Waals surface area contributed by atoms with Crippen LogP contribution in [0.3, 0.4) is 0 Å². The van der Waals surface area contributed by atoms with Gasteiger partial charge < -0.3 is 29.1 Å². The highest BCUT2D eigenvalue weighted by Gasteiger charge is 2.46. The summed E-state index contributed by atoms with van der Waals surface area (Å²) in [5.41, 5.74) is 1.17. The molecule has 1 aliphatic rings. The lowest BCUT2D eigenvalue weighted by Gasteiger charge is -2.27. The van der Waals surface area contributed by atoms with Gasteiger partial charge in [-0.15, -0.1) is 0 Å². The maximum atomic E-state index is 13.4. The molecule has 2 aromatic carbocycles. The summed E-state index contributed by atoms with van der Waals surface area (Å²) in [4.78, 5) is 30.6. The van der Waals surface area contributed by atoms with Crippen molar-refractivity contribution in [2.24, 2.45) is 0 Å². The Balaban J connectivity index is 2.04. The second kappa shape index (κ2) is 14.6. The van der Waals surface area contributed by atoms with Crippen LogP contribution < -0.4 is 14.2 Å². The molecule has 8 nitrogen and oxygen atoms in total. The Bertz CT molecular complexity index is 1140. The number of Topliss-reactive ketones (excluding diaryl/α,β-unsaturated/α-hetero) is 1. The highest BCUT2D eigenvalue weighted by Crippen LogP contribution is 2.42. The lowest BCUT2D eigenvalue weighted by molar-refractivity contribution is -0.140. The van der Waals surface area contributed by atoms with Gasteiger partial charge in [-0.05, 0) is 81.4 Å². The molecule has 1 N–H and O–H groups in total. The highest BCUT2D eigenvalue weighted by molar-refractivity contribution is 6.46. The molecule has 1 fully saturated rings. The number of unbranched alkanes of at least 4 members (excludes halogenated alkanes) is 1. The van der Waals surface area contributed by atoms with Crippen LogP contribution >= 0.6 is 0 Å². The van der Waals surface area contributed by atoms with E-state index in [1.807, 2.05) is 13.0 Å². The van der Waals surface area contributed by atoms with Crippen LogP contribution in [0.15, 0.2) is 48.0 Å². The summed E-state index contributed by atoms with van der Waals surface area (Å²) in [6, 6.07) is 11.5. The van der Waals surface area contributed by atoms with Gasteiger partial charge in [-0.25, -0.2) is 0 Å². The summed E-state index contributed by atoms with van der Waals surface area (Å²) in [5.74, 6) is 0.240. The Labute approximate surface area is 232 Å². The minimum atomic E-state index is -0.758. The number of hydrogen-bond acceptors (Lipinski definition) is 7. The molecule has 1 saturated heterocycles. The van der Waals surface area contributed by atoms with Crippen LogP contribution in [0.2, 0.25) is 0 Å². The van der Waals surface area contributed by atoms with Gasteiger partial charge in [0.1, 0.15) is 11.5 Å². The number of methoxy groups -OCH3 is 1. The number of aliphatic hydroxyl groups excluding tert-OH is 1. The molecule has 1 atom stereocenters. The van der Waals surface area contributed by atoms with Crippen molar-refractivity contribution < 1.29 is 28.9 Å². The molecule has 0 aromatic heterocycles. The number of hydrogen-bond donors (Lipinski definition) is 1. The Hall–Kier alpha value is -3.52. The third-order valence-corrected chi connectivity index (χ3v) is 7.01. The van der Waals surface area contributed by atoms with Crippen LogP contribution in [-0.4, -0.2) is 73.1 Å². The Morgan fingerprint density at radius 1 is 0.949 bits per heavy atom. The van der Waals surface area contributed by atoms with Crippen molar-refractivity contribution >= 4 is 17.4 Å². The monoisotopic (exact) mass is 538 g/mol. The number of nitrogens with zero attached hydrogens (tertiary/aromatic N) is 2. The summed E-state index contributed by atoms with van der Waals surface area (Å²) in [6.45, 7) is 12.3. The van der Waals surface area contributed by atoms with Crippen molar-refractivity contribution in [3.8, 4) is 17.2 Å². The summed E-state index contributed by atoms with van der Waals surface area (Å²) < 4.78 is 17.0. The van der Waals surface area contributed by atoms with E-state index in [1.54, 1.807) is 48.4 Å². The summed E-state index contributed by atoms with van der Waals surface area (Å²) in [6.07, 6.45) is 2.62. The second-order valence-corrected chi connectivity index (χ2v) is 9.44. The van der Waals surface area contributed by atoms with Gasteiger partial charge in [0.25, 0.3) is 11.7 Å². The van der Waals surface area contributed by atoms with Crippen molar-refractivity contribution in [3.05, 3.63) is 59.2 Å². The van der Waals surface area contributed by atoms with Gasteiger partial charge in [-0.3, -0.25) is 9.59 Å². The van der Waals surface area contributed by atoms with Crippen LogP contribution in [0.4, 0.5) is 0 Å². The second-order valence-electron chi connectivity index (χ2n) is 9.44. The van der Waals surface area contributed by atoms with Gasteiger partial charge in [0.15, 0.2) is 11.5 Å². The van der Waals surface area contributed by atoms with Crippen molar-refractivity contribution in [2.45, 2.75) is 53.0 Å². The van der Waals surface area contributed by atoms with E-state index in [-0.39, 0.29) is 11.3 Å². The van der Waals surface area contributed by atoms with E-state index in [4.69, 9.17) is 14.2 Å². The zero-order valence-corrected chi connectivity index (χ0v) is 23.9. The van der Waals surface area contributed by atoms with E-state index in [1.165, 1.54) is 0 Å². The molecular formula is C31H42N2O6. The number of ether oxygens (including phenoxy) is 3. The first kappa shape index (κ1) is 30.0. The number of ketones is 1. The molecule has 212 valence electrons. The van der Waals surface area contributed by atoms with Crippen molar-refractivity contribution in [2.75, 3.05) is 46.5 Å². The maximum absolute atomic E-state index is 13.4. The molecule has 0 unspecified atom stereocenters. The zero-order chi connectivity index (χ0) is 28.4. The van der Waals surface area contributed by atoms with Crippen molar-refractivity contribution in [1.82, 2.24) is 9.80 Å². The lowest BCUT2D eigenvalue weighted by atomic mass is 9.95. The molecule has 0 saturated carbocycles. The molecule has 1 amide bonds. The molecule has 3 rings (SSSR count). The minimum absolute atomic E-state index is 0.0636. The number of benzene rings is 2. The lowest BCUT2D eigenvalue weighted by Crippen LogP contribution is -2.33. The van der Waals surface area contributed by atoms with Gasteiger partial charge in [0, 0.05) is 12.1 Å². The zero-order valence-electron chi connectivity index (χ0n) is 23.9. The molecular weight excluding hydrogens is 496 g/mol. The number of rotatable bonds is 15. The predicted octanol–water partition coefficient (Wildman–Crippen LogP) is 5.43. The third-order valence-electron chi connectivity index (χ3n) is 7.01. The van der Waals surface area contributed by atoms with Gasteiger partial charge in [0.05, 0.1) is 31.9 Å². The Morgan fingerprint density at radius 3 is 2.28 bits per heavy atom. The molecule has 2 aromatic rings. The maximum Gasteiger partial charge on any atom is 0.295 e. The van der Waals surface area contributed by atoms with E-state index in [2.05, 4.69) is 25.7 Å². The molecule has 1 heterocycles. The SMILES string of the molecule is CCCCOc1ccc([C@@H]2C(=C(O)c3ccc(OCC)cc3)C(=O)C(=O)N2CCCN(CC)CC)cc1OC. The summed E-state index contributed by atoms with van der Waals surface area (Å²) >= 11 is 0. The first-order valence-corrected chi connectivity index (χ1v) is 13.9. The summed E-state index contributed by atoms with van der Waals surface area (Å²) in [7, 11) is 1.56. The first-order chi connectivity index (χ1) is 18.9. The van der Waals surface area contributed by atoms with E-state index in [9.17, 15) is 14.7 Å². The fourth-order valence-electron chi connectivity index (χ4n) is 4.79. The number of amides is 1. The smallest absolute Gasteiger partial charge is 0.295 e. The van der Waals surface area contributed by atoms with Gasteiger partial charge in [0.2, 0.25) is 0 Å². The third kappa shape index (κ3) is 7.12. The van der Waals surface area contributed by atoms with Gasteiger partial charge >= 0.3 is 0 Å². The van der Waals surface area contributed by atoms with Gasteiger partial charge in [-0.1, -0.05) is 33.3 Å². The van der Waals surface area contributed by atoms with Crippen molar-refractivity contribution in [3.63, 3.8) is 0 Å². The number of carbonyl (C=O) groups excluding carboxylic acids is 2. The molecule has 1 aliphatic heterocycles. The quantitative estimate of drug-likeness (QED) is 0.140. The number of likely N-dealkylation sites (tertiary alicyclic amines) is 1. The topological polar surface area (TPSA) is 88.5 Å². The van der Waals surface area contributed by atoms with Crippen LogP contribution in [0.5, 0.6) is 17.2 Å². The average molecular weight is 539 g/mol. The van der Waals surface area contributed by atoms with E-state index < -0.39 is 17.7 Å². The molecule has 0 spiro atoms. The fraction of sp³-hybridized carbons (Fsp3) is 0.484. The van der Waals surface area contributed by atoms with Crippen LogP contribution in [-0.2, 0) is 9.59 Å². The average Bonchev–Trinajstić information content (AvgIpc) is 3.20. The van der Waals surface area contributed by atoms with Gasteiger partial charge in [-0.2, -0.15) is 0 Å². The van der Waals surface area contributed by atoms with Crippen LogP contribution in [0.1, 0.15) is 64.1 Å². The van der Waals surface area contributed by atoms with E-state index in [0.717, 1.165) is 32.5 Å². The predicted molar refractivity (Wildman–Crippen MR) is 152 cm³/mol. The fourth-order valence-corrected chi connectivity index (χ4v) is 4.79. The van der Waals surface area contributed by atoms with E-state index in [0.29, 0.717) is 54.6 Å². The Morgan fingerprint density at radius 2 is 1.67 bits per heavy atom.